The van der Waals surface area contributed by atoms with Gasteiger partial charge in [0.1, 0.15) is 12.4 Å². The van der Waals surface area contributed by atoms with Crippen molar-refractivity contribution in [3.63, 3.8) is 0 Å². The topological polar surface area (TPSA) is 38.5 Å². The number of hydrogen-bond donors (Lipinski definition) is 1. The minimum absolute atomic E-state index is 0.665. The van der Waals surface area contributed by atoms with Crippen molar-refractivity contribution < 1.29 is 4.74 Å². The normalized spacial score (nSPS) is 18.8. The van der Waals surface area contributed by atoms with E-state index < -0.39 is 0 Å². The largest absolute Gasteiger partial charge is 0.492 e. The Morgan fingerprint density at radius 3 is 2.76 bits per heavy atom. The molecule has 21 heavy (non-hydrogen) atoms. The van der Waals surface area contributed by atoms with Crippen LogP contribution in [0.25, 0.3) is 0 Å². The van der Waals surface area contributed by atoms with Crippen LogP contribution < -0.4 is 10.5 Å². The molecule has 3 heteroatoms. The van der Waals surface area contributed by atoms with Crippen LogP contribution in [0.4, 0.5) is 5.69 Å². The maximum absolute atomic E-state index is 5.77. The molecule has 1 heterocycles. The van der Waals surface area contributed by atoms with Crippen molar-refractivity contribution in [2.24, 2.45) is 0 Å². The minimum Gasteiger partial charge on any atom is -0.492 e. The summed E-state index contributed by atoms with van der Waals surface area (Å²) in [6, 6.07) is 18.4. The predicted octanol–water partition coefficient (Wildman–Crippen LogP) is 3.14. The molecule has 0 aliphatic carbocycles. The Morgan fingerprint density at radius 2 is 1.95 bits per heavy atom. The summed E-state index contributed by atoms with van der Waals surface area (Å²) in [7, 11) is 0. The van der Waals surface area contributed by atoms with Crippen molar-refractivity contribution in [2.45, 2.75) is 12.3 Å². The molecule has 2 aromatic carbocycles. The highest BCUT2D eigenvalue weighted by atomic mass is 16.5. The molecule has 0 aromatic heterocycles. The molecule has 1 aliphatic rings. The van der Waals surface area contributed by atoms with Gasteiger partial charge in [-0.15, -0.1) is 0 Å². The first-order chi connectivity index (χ1) is 10.3. The quantitative estimate of drug-likeness (QED) is 0.856. The maximum Gasteiger partial charge on any atom is 0.121 e. The van der Waals surface area contributed by atoms with Crippen molar-refractivity contribution in [3.05, 3.63) is 60.2 Å². The lowest BCUT2D eigenvalue weighted by molar-refractivity contribution is 0.236. The smallest absolute Gasteiger partial charge is 0.121 e. The lowest BCUT2D eigenvalue weighted by Crippen LogP contribution is -2.26. The van der Waals surface area contributed by atoms with Gasteiger partial charge in [-0.05, 0) is 36.6 Å². The van der Waals surface area contributed by atoms with Crippen LogP contribution in [0.15, 0.2) is 54.6 Å². The van der Waals surface area contributed by atoms with E-state index in [1.807, 2.05) is 24.3 Å². The Hall–Kier alpha value is -2.00. The second-order valence-electron chi connectivity index (χ2n) is 5.62. The molecule has 2 N–H and O–H groups in total. The van der Waals surface area contributed by atoms with Gasteiger partial charge < -0.3 is 10.5 Å². The number of rotatable bonds is 5. The van der Waals surface area contributed by atoms with Crippen LogP contribution in [-0.2, 0) is 0 Å². The molecule has 1 unspecified atom stereocenters. The summed E-state index contributed by atoms with van der Waals surface area (Å²) in [6.45, 7) is 3.97. The first kappa shape index (κ1) is 14.0. The van der Waals surface area contributed by atoms with Crippen LogP contribution in [0.1, 0.15) is 17.9 Å². The molecule has 0 saturated carbocycles. The van der Waals surface area contributed by atoms with Crippen molar-refractivity contribution in [1.82, 2.24) is 4.90 Å². The summed E-state index contributed by atoms with van der Waals surface area (Å²) >= 11 is 0. The SMILES string of the molecule is Nc1cccc(OCCN2CCC(c3ccccc3)C2)c1. The number of likely N-dealkylation sites (tertiary alicyclic amines) is 1. The van der Waals surface area contributed by atoms with Gasteiger partial charge in [0.05, 0.1) is 0 Å². The van der Waals surface area contributed by atoms with Crippen LogP contribution in [0.3, 0.4) is 0 Å². The highest BCUT2D eigenvalue weighted by molar-refractivity contribution is 5.43. The second-order valence-corrected chi connectivity index (χ2v) is 5.62. The number of anilines is 1. The van der Waals surface area contributed by atoms with Gasteiger partial charge in [-0.2, -0.15) is 0 Å². The van der Waals surface area contributed by atoms with Crippen LogP contribution in [0, 0.1) is 0 Å². The molecule has 1 saturated heterocycles. The minimum atomic E-state index is 0.665. The second kappa shape index (κ2) is 6.64. The Balaban J connectivity index is 1.45. The number of benzene rings is 2. The fourth-order valence-electron chi connectivity index (χ4n) is 2.93. The molecule has 3 nitrogen and oxygen atoms in total. The van der Waals surface area contributed by atoms with E-state index in [-0.39, 0.29) is 0 Å². The van der Waals surface area contributed by atoms with Crippen molar-refractivity contribution in [2.75, 3.05) is 32.0 Å². The van der Waals surface area contributed by atoms with Gasteiger partial charge in [-0.25, -0.2) is 0 Å². The molecule has 0 amide bonds. The molecule has 1 fully saturated rings. The third-order valence-electron chi connectivity index (χ3n) is 4.08. The van der Waals surface area contributed by atoms with Crippen LogP contribution in [0.5, 0.6) is 5.75 Å². The van der Waals surface area contributed by atoms with Gasteiger partial charge in [0, 0.05) is 24.8 Å². The van der Waals surface area contributed by atoms with Gasteiger partial charge in [-0.1, -0.05) is 36.4 Å². The standard InChI is InChI=1S/C18H22N2O/c19-17-7-4-8-18(13-17)21-12-11-20-10-9-16(14-20)15-5-2-1-3-6-15/h1-8,13,16H,9-12,14,19H2. The Bertz CT molecular complexity index is 570. The van der Waals surface area contributed by atoms with Crippen molar-refractivity contribution >= 4 is 5.69 Å². The zero-order valence-corrected chi connectivity index (χ0v) is 12.2. The third-order valence-corrected chi connectivity index (χ3v) is 4.08. The lowest BCUT2D eigenvalue weighted by atomic mass is 9.99. The fourth-order valence-corrected chi connectivity index (χ4v) is 2.93. The first-order valence-corrected chi connectivity index (χ1v) is 7.57. The summed E-state index contributed by atoms with van der Waals surface area (Å²) in [4.78, 5) is 2.48. The number of nitrogen functional groups attached to an aromatic ring is 1. The maximum atomic E-state index is 5.77. The van der Waals surface area contributed by atoms with E-state index in [0.29, 0.717) is 12.5 Å². The molecule has 0 radical (unpaired) electrons. The Morgan fingerprint density at radius 1 is 1.10 bits per heavy atom. The lowest BCUT2D eigenvalue weighted by Gasteiger charge is -2.16. The summed E-state index contributed by atoms with van der Waals surface area (Å²) in [6.07, 6.45) is 1.24. The fraction of sp³-hybridized carbons (Fsp3) is 0.333. The summed E-state index contributed by atoms with van der Waals surface area (Å²) in [5.41, 5.74) is 7.95. The third kappa shape index (κ3) is 3.76. The molecular weight excluding hydrogens is 260 g/mol. The Kier molecular flexibility index (Phi) is 4.41. The van der Waals surface area contributed by atoms with E-state index in [2.05, 4.69) is 35.2 Å². The average molecular weight is 282 g/mol. The monoisotopic (exact) mass is 282 g/mol. The molecule has 2 aromatic rings. The molecule has 3 rings (SSSR count). The van der Waals surface area contributed by atoms with Gasteiger partial charge in [0.15, 0.2) is 0 Å². The average Bonchev–Trinajstić information content (AvgIpc) is 2.97. The van der Waals surface area contributed by atoms with Gasteiger partial charge in [-0.3, -0.25) is 4.90 Å². The van der Waals surface area contributed by atoms with Gasteiger partial charge in [0.2, 0.25) is 0 Å². The first-order valence-electron chi connectivity index (χ1n) is 7.57. The molecule has 1 aliphatic heterocycles. The van der Waals surface area contributed by atoms with E-state index in [0.717, 1.165) is 31.1 Å². The predicted molar refractivity (Wildman–Crippen MR) is 86.6 cm³/mol. The highest BCUT2D eigenvalue weighted by Gasteiger charge is 2.23. The van der Waals surface area contributed by atoms with E-state index in [4.69, 9.17) is 10.5 Å². The van der Waals surface area contributed by atoms with E-state index in [1.165, 1.54) is 12.0 Å². The molecule has 0 bridgehead atoms. The van der Waals surface area contributed by atoms with E-state index >= 15 is 0 Å². The van der Waals surface area contributed by atoms with Crippen molar-refractivity contribution in [3.8, 4) is 5.75 Å². The zero-order valence-electron chi connectivity index (χ0n) is 12.2. The van der Waals surface area contributed by atoms with Gasteiger partial charge >= 0.3 is 0 Å². The Labute approximate surface area is 126 Å². The van der Waals surface area contributed by atoms with Crippen LogP contribution >= 0.6 is 0 Å². The number of ether oxygens (including phenoxy) is 1. The zero-order chi connectivity index (χ0) is 14.5. The van der Waals surface area contributed by atoms with E-state index in [9.17, 15) is 0 Å². The highest BCUT2D eigenvalue weighted by Crippen LogP contribution is 2.26. The number of nitrogens with two attached hydrogens (primary N) is 1. The van der Waals surface area contributed by atoms with Crippen LogP contribution in [0.2, 0.25) is 0 Å². The molecule has 0 spiro atoms. The summed E-state index contributed by atoms with van der Waals surface area (Å²) in [5, 5.41) is 0. The molecule has 110 valence electrons. The molecule has 1 atom stereocenters. The number of nitrogens with zero attached hydrogens (tertiary/aromatic N) is 1. The van der Waals surface area contributed by atoms with Crippen molar-refractivity contribution in [1.29, 1.82) is 0 Å². The summed E-state index contributed by atoms with van der Waals surface area (Å²) in [5.74, 6) is 1.52. The number of hydrogen-bond acceptors (Lipinski definition) is 3. The summed E-state index contributed by atoms with van der Waals surface area (Å²) < 4.78 is 5.77. The van der Waals surface area contributed by atoms with E-state index in [1.54, 1.807) is 0 Å². The van der Waals surface area contributed by atoms with Crippen LogP contribution in [-0.4, -0.2) is 31.1 Å². The molecular formula is C18H22N2O. The van der Waals surface area contributed by atoms with Gasteiger partial charge in [0.25, 0.3) is 0 Å².